The van der Waals surface area contributed by atoms with Crippen LogP contribution < -0.4 is 10.6 Å². The zero-order valence-electron chi connectivity index (χ0n) is 15.4. The molecular formula is C23H18N4O2. The van der Waals surface area contributed by atoms with E-state index in [1.54, 1.807) is 61.1 Å². The SMILES string of the molecule is O=C(Nc1ccccc1C(=O)Nc1ccc(-n2ccnc2)cc1)c1ccccc1. The summed E-state index contributed by atoms with van der Waals surface area (Å²) < 4.78 is 1.88. The van der Waals surface area contributed by atoms with E-state index in [0.717, 1.165) is 5.69 Å². The van der Waals surface area contributed by atoms with Gasteiger partial charge in [-0.15, -0.1) is 0 Å². The lowest BCUT2D eigenvalue weighted by Crippen LogP contribution is -2.18. The van der Waals surface area contributed by atoms with Crippen molar-refractivity contribution in [3.05, 3.63) is 109 Å². The van der Waals surface area contributed by atoms with Crippen molar-refractivity contribution in [2.24, 2.45) is 0 Å². The Hall–Kier alpha value is -4.19. The van der Waals surface area contributed by atoms with Crippen LogP contribution in [0, 0.1) is 0 Å². The van der Waals surface area contributed by atoms with Gasteiger partial charge >= 0.3 is 0 Å². The monoisotopic (exact) mass is 382 g/mol. The van der Waals surface area contributed by atoms with Crippen molar-refractivity contribution in [2.75, 3.05) is 10.6 Å². The third-order valence-corrected chi connectivity index (χ3v) is 4.38. The molecule has 3 aromatic carbocycles. The molecule has 0 radical (unpaired) electrons. The van der Waals surface area contributed by atoms with E-state index in [9.17, 15) is 9.59 Å². The van der Waals surface area contributed by atoms with Crippen LogP contribution in [0.4, 0.5) is 11.4 Å². The number of nitrogens with one attached hydrogen (secondary N) is 2. The second kappa shape index (κ2) is 8.22. The summed E-state index contributed by atoms with van der Waals surface area (Å²) in [6, 6.07) is 23.2. The van der Waals surface area contributed by atoms with E-state index in [2.05, 4.69) is 15.6 Å². The number of carbonyl (C=O) groups excluding carboxylic acids is 2. The number of hydrogen-bond donors (Lipinski definition) is 2. The predicted molar refractivity (Wildman–Crippen MR) is 112 cm³/mol. The van der Waals surface area contributed by atoms with Gasteiger partial charge in [0.2, 0.25) is 0 Å². The minimum atomic E-state index is -0.302. The standard InChI is InChI=1S/C23H18N4O2/c28-22(17-6-2-1-3-7-17)26-21-9-5-4-8-20(21)23(29)25-18-10-12-19(13-11-18)27-15-14-24-16-27/h1-16H,(H,25,29)(H,26,28). The van der Waals surface area contributed by atoms with Gasteiger partial charge in [0.25, 0.3) is 11.8 Å². The smallest absolute Gasteiger partial charge is 0.257 e. The van der Waals surface area contributed by atoms with Crippen molar-refractivity contribution in [3.8, 4) is 5.69 Å². The lowest BCUT2D eigenvalue weighted by atomic mass is 10.1. The van der Waals surface area contributed by atoms with Gasteiger partial charge in [-0.1, -0.05) is 30.3 Å². The Balaban J connectivity index is 1.50. The molecule has 0 aliphatic rings. The molecule has 0 bridgehead atoms. The highest BCUT2D eigenvalue weighted by Gasteiger charge is 2.14. The largest absolute Gasteiger partial charge is 0.322 e. The van der Waals surface area contributed by atoms with Crippen LogP contribution in [0.1, 0.15) is 20.7 Å². The van der Waals surface area contributed by atoms with Crippen molar-refractivity contribution in [1.29, 1.82) is 0 Å². The van der Waals surface area contributed by atoms with Gasteiger partial charge < -0.3 is 15.2 Å². The summed E-state index contributed by atoms with van der Waals surface area (Å²) in [4.78, 5) is 29.3. The molecule has 1 aromatic heterocycles. The molecule has 0 fully saturated rings. The number of anilines is 2. The van der Waals surface area contributed by atoms with Gasteiger partial charge in [0.15, 0.2) is 0 Å². The number of imidazole rings is 1. The molecule has 0 saturated heterocycles. The van der Waals surface area contributed by atoms with Gasteiger partial charge in [-0.05, 0) is 48.5 Å². The molecule has 29 heavy (non-hydrogen) atoms. The highest BCUT2D eigenvalue weighted by Crippen LogP contribution is 2.19. The van der Waals surface area contributed by atoms with Crippen LogP contribution in [0.5, 0.6) is 0 Å². The lowest BCUT2D eigenvalue weighted by molar-refractivity contribution is 0.102. The quantitative estimate of drug-likeness (QED) is 0.538. The van der Waals surface area contributed by atoms with E-state index >= 15 is 0 Å². The van der Waals surface area contributed by atoms with Crippen molar-refractivity contribution in [1.82, 2.24) is 9.55 Å². The molecule has 0 spiro atoms. The normalized spacial score (nSPS) is 10.3. The third-order valence-electron chi connectivity index (χ3n) is 4.38. The average molecular weight is 382 g/mol. The second-order valence-corrected chi connectivity index (χ2v) is 6.34. The van der Waals surface area contributed by atoms with Crippen LogP contribution >= 0.6 is 0 Å². The fourth-order valence-corrected chi connectivity index (χ4v) is 2.90. The van der Waals surface area contributed by atoms with Crippen LogP contribution in [0.25, 0.3) is 5.69 Å². The molecule has 6 nitrogen and oxygen atoms in total. The van der Waals surface area contributed by atoms with Crippen LogP contribution in [0.2, 0.25) is 0 Å². The Bertz CT molecular complexity index is 1120. The van der Waals surface area contributed by atoms with Gasteiger partial charge in [0.1, 0.15) is 0 Å². The first-order valence-corrected chi connectivity index (χ1v) is 9.06. The van der Waals surface area contributed by atoms with Crippen LogP contribution in [0.3, 0.4) is 0 Å². The molecule has 4 aromatic rings. The average Bonchev–Trinajstić information content (AvgIpc) is 3.30. The number of amides is 2. The Labute approximate surface area is 167 Å². The summed E-state index contributed by atoms with van der Waals surface area (Å²) >= 11 is 0. The molecule has 0 aliphatic heterocycles. The summed E-state index contributed by atoms with van der Waals surface area (Å²) in [5.74, 6) is -0.570. The van der Waals surface area contributed by atoms with Crippen molar-refractivity contribution >= 4 is 23.2 Å². The number of carbonyl (C=O) groups is 2. The molecule has 6 heteroatoms. The molecule has 0 unspecified atom stereocenters. The van der Waals surface area contributed by atoms with E-state index in [-0.39, 0.29) is 11.8 Å². The maximum absolute atomic E-state index is 12.8. The lowest BCUT2D eigenvalue weighted by Gasteiger charge is -2.12. The number of rotatable bonds is 5. The molecule has 0 aliphatic carbocycles. The first-order chi connectivity index (χ1) is 14.2. The van der Waals surface area contributed by atoms with Crippen molar-refractivity contribution < 1.29 is 9.59 Å². The third kappa shape index (κ3) is 4.22. The van der Waals surface area contributed by atoms with E-state index in [1.165, 1.54) is 0 Å². The van der Waals surface area contributed by atoms with E-state index in [1.807, 2.05) is 41.1 Å². The van der Waals surface area contributed by atoms with Gasteiger partial charge in [-0.25, -0.2) is 4.98 Å². The topological polar surface area (TPSA) is 76.0 Å². The molecule has 4 rings (SSSR count). The van der Waals surface area contributed by atoms with Crippen LogP contribution in [-0.4, -0.2) is 21.4 Å². The van der Waals surface area contributed by atoms with E-state index in [0.29, 0.717) is 22.5 Å². The molecule has 1 heterocycles. The molecule has 2 N–H and O–H groups in total. The second-order valence-electron chi connectivity index (χ2n) is 6.34. The highest BCUT2D eigenvalue weighted by molar-refractivity contribution is 6.12. The van der Waals surface area contributed by atoms with Gasteiger partial charge in [-0.3, -0.25) is 9.59 Å². The molecule has 142 valence electrons. The van der Waals surface area contributed by atoms with E-state index in [4.69, 9.17) is 0 Å². The van der Waals surface area contributed by atoms with Gasteiger partial charge in [0.05, 0.1) is 17.6 Å². The van der Waals surface area contributed by atoms with Gasteiger partial charge in [0, 0.05) is 29.3 Å². The molecular weight excluding hydrogens is 364 g/mol. The summed E-state index contributed by atoms with van der Waals surface area (Å²) in [6.45, 7) is 0. The Morgan fingerprint density at radius 3 is 2.21 bits per heavy atom. The highest BCUT2D eigenvalue weighted by atomic mass is 16.2. The Morgan fingerprint density at radius 1 is 0.759 bits per heavy atom. The van der Waals surface area contributed by atoms with Crippen LogP contribution in [0.15, 0.2) is 97.6 Å². The number of aromatic nitrogens is 2. The Kier molecular flexibility index (Phi) is 5.16. The minimum Gasteiger partial charge on any atom is -0.322 e. The van der Waals surface area contributed by atoms with Crippen LogP contribution in [-0.2, 0) is 0 Å². The minimum absolute atomic E-state index is 0.268. The van der Waals surface area contributed by atoms with E-state index < -0.39 is 0 Å². The number of hydrogen-bond acceptors (Lipinski definition) is 3. The fourth-order valence-electron chi connectivity index (χ4n) is 2.90. The van der Waals surface area contributed by atoms with Crippen molar-refractivity contribution in [2.45, 2.75) is 0 Å². The maximum Gasteiger partial charge on any atom is 0.257 e. The maximum atomic E-state index is 12.8. The zero-order valence-corrected chi connectivity index (χ0v) is 15.4. The first kappa shape index (κ1) is 18.2. The number of benzene rings is 3. The van der Waals surface area contributed by atoms with Crippen molar-refractivity contribution in [3.63, 3.8) is 0 Å². The summed E-state index contributed by atoms with van der Waals surface area (Å²) in [5.41, 5.74) is 2.96. The van der Waals surface area contributed by atoms with Gasteiger partial charge in [-0.2, -0.15) is 0 Å². The summed E-state index contributed by atoms with van der Waals surface area (Å²) in [6.07, 6.45) is 5.26. The summed E-state index contributed by atoms with van der Waals surface area (Å²) in [5, 5.41) is 5.68. The molecule has 2 amide bonds. The molecule has 0 saturated carbocycles. The number of para-hydroxylation sites is 1. The first-order valence-electron chi connectivity index (χ1n) is 9.06. The Morgan fingerprint density at radius 2 is 1.48 bits per heavy atom. The fraction of sp³-hybridized carbons (Fsp3) is 0. The predicted octanol–water partition coefficient (Wildman–Crippen LogP) is 4.38. The zero-order chi connectivity index (χ0) is 20.1. The summed E-state index contributed by atoms with van der Waals surface area (Å²) in [7, 11) is 0. The molecule has 0 atom stereocenters. The number of nitrogens with zero attached hydrogens (tertiary/aromatic N) is 2.